The van der Waals surface area contributed by atoms with E-state index in [1.54, 1.807) is 16.7 Å². The molecule has 34 heavy (non-hydrogen) atoms. The van der Waals surface area contributed by atoms with Gasteiger partial charge in [-0.25, -0.2) is 4.79 Å². The van der Waals surface area contributed by atoms with E-state index in [1.165, 1.54) is 4.80 Å². The van der Waals surface area contributed by atoms with E-state index in [1.807, 2.05) is 60.7 Å². The van der Waals surface area contributed by atoms with Gasteiger partial charge in [-0.3, -0.25) is 4.79 Å². The predicted octanol–water partition coefficient (Wildman–Crippen LogP) is 3.08. The van der Waals surface area contributed by atoms with E-state index < -0.39 is 0 Å². The highest BCUT2D eigenvalue weighted by Gasteiger charge is 2.38. The summed E-state index contributed by atoms with van der Waals surface area (Å²) >= 11 is 0. The van der Waals surface area contributed by atoms with Crippen LogP contribution in [-0.4, -0.2) is 75.2 Å². The second-order valence-corrected chi connectivity index (χ2v) is 8.56. The number of likely N-dealkylation sites (tertiary alicyclic amines) is 1. The lowest BCUT2D eigenvalue weighted by Gasteiger charge is -2.35. The zero-order valence-corrected chi connectivity index (χ0v) is 19.0. The van der Waals surface area contributed by atoms with Crippen LogP contribution in [-0.2, 0) is 4.74 Å². The molecule has 9 nitrogen and oxygen atoms in total. The van der Waals surface area contributed by atoms with E-state index in [9.17, 15) is 9.59 Å². The molecule has 0 N–H and O–H groups in total. The minimum Gasteiger partial charge on any atom is -0.490 e. The summed E-state index contributed by atoms with van der Waals surface area (Å²) in [7, 11) is 0. The van der Waals surface area contributed by atoms with Gasteiger partial charge in [0, 0.05) is 19.1 Å². The third-order valence-corrected chi connectivity index (χ3v) is 6.25. The summed E-state index contributed by atoms with van der Waals surface area (Å²) in [4.78, 5) is 30.6. The average Bonchev–Trinajstić information content (AvgIpc) is 3.46. The Bertz CT molecular complexity index is 1140. The number of carbonyl (C=O) groups excluding carboxylic acids is 2. The number of hydrogen-bond acceptors (Lipinski definition) is 6. The van der Waals surface area contributed by atoms with Crippen LogP contribution in [0.1, 0.15) is 29.0 Å². The van der Waals surface area contributed by atoms with Gasteiger partial charge in [0.1, 0.15) is 12.4 Å². The Hall–Kier alpha value is -3.88. The summed E-state index contributed by atoms with van der Waals surface area (Å²) in [5.74, 6) is 0.625. The number of hydrogen-bond donors (Lipinski definition) is 0. The summed E-state index contributed by atoms with van der Waals surface area (Å²) < 4.78 is 11.3. The maximum absolute atomic E-state index is 13.1. The molecule has 2 aliphatic heterocycles. The zero-order chi connectivity index (χ0) is 23.5. The van der Waals surface area contributed by atoms with Crippen LogP contribution >= 0.6 is 0 Å². The number of amides is 2. The molecule has 2 fully saturated rings. The van der Waals surface area contributed by atoms with E-state index in [0.717, 1.165) is 11.4 Å². The third-order valence-electron chi connectivity index (χ3n) is 6.25. The minimum atomic E-state index is -0.312. The van der Waals surface area contributed by atoms with Crippen molar-refractivity contribution in [2.45, 2.75) is 31.9 Å². The standard InChI is InChI=1S/C25H27N5O4/c1-18-23(27-30(26-18)20-8-4-2-5-9-20)24(31)28-14-12-19(13-15-28)29-16-22(34-25(29)32)17-33-21-10-6-3-7-11-21/h2-11,19,22H,12-17H2,1H3. The predicted molar refractivity (Wildman–Crippen MR) is 124 cm³/mol. The highest BCUT2D eigenvalue weighted by molar-refractivity contribution is 5.93. The van der Waals surface area contributed by atoms with Gasteiger partial charge in [0.25, 0.3) is 5.91 Å². The number of carbonyl (C=O) groups is 2. The molecule has 0 saturated carbocycles. The van der Waals surface area contributed by atoms with Crippen molar-refractivity contribution in [1.29, 1.82) is 0 Å². The third kappa shape index (κ3) is 4.59. The van der Waals surface area contributed by atoms with Gasteiger partial charge in [0.15, 0.2) is 11.8 Å². The number of rotatable bonds is 6. The molecule has 1 unspecified atom stereocenters. The second-order valence-electron chi connectivity index (χ2n) is 8.56. The summed E-state index contributed by atoms with van der Waals surface area (Å²) in [6.07, 6.45) is 0.772. The topological polar surface area (TPSA) is 89.8 Å². The SMILES string of the molecule is Cc1nn(-c2ccccc2)nc1C(=O)N1CCC(N2CC(COc3ccccc3)OC2=O)CC1. The van der Waals surface area contributed by atoms with Crippen molar-refractivity contribution in [3.8, 4) is 11.4 Å². The number of nitrogens with zero attached hydrogens (tertiary/aromatic N) is 5. The number of cyclic esters (lactones) is 1. The molecule has 5 rings (SSSR count). The van der Waals surface area contributed by atoms with Crippen LogP contribution in [0, 0.1) is 6.92 Å². The molecule has 2 aliphatic rings. The fourth-order valence-electron chi connectivity index (χ4n) is 4.42. The Labute approximate surface area is 197 Å². The summed E-state index contributed by atoms with van der Waals surface area (Å²) in [5.41, 5.74) is 1.77. The van der Waals surface area contributed by atoms with Gasteiger partial charge in [0.2, 0.25) is 0 Å². The number of ether oxygens (including phenoxy) is 2. The smallest absolute Gasteiger partial charge is 0.410 e. The van der Waals surface area contributed by atoms with Crippen molar-refractivity contribution in [2.75, 3.05) is 26.2 Å². The fourth-order valence-corrected chi connectivity index (χ4v) is 4.42. The van der Waals surface area contributed by atoms with Crippen LogP contribution in [0.25, 0.3) is 5.69 Å². The maximum atomic E-state index is 13.1. The lowest BCUT2D eigenvalue weighted by molar-refractivity contribution is 0.0651. The van der Waals surface area contributed by atoms with Crippen LogP contribution in [0.5, 0.6) is 5.75 Å². The van der Waals surface area contributed by atoms with Gasteiger partial charge in [-0.1, -0.05) is 36.4 Å². The number of piperidine rings is 1. The van der Waals surface area contributed by atoms with Crippen LogP contribution in [0.3, 0.4) is 0 Å². The monoisotopic (exact) mass is 461 g/mol. The molecule has 2 amide bonds. The first-order valence-electron chi connectivity index (χ1n) is 11.5. The molecule has 0 aliphatic carbocycles. The maximum Gasteiger partial charge on any atom is 0.410 e. The van der Waals surface area contributed by atoms with Crippen molar-refractivity contribution >= 4 is 12.0 Å². The Morgan fingerprint density at radius 1 is 1.03 bits per heavy atom. The lowest BCUT2D eigenvalue weighted by Crippen LogP contribution is -2.47. The normalized spacial score (nSPS) is 18.7. The van der Waals surface area contributed by atoms with Gasteiger partial charge < -0.3 is 19.3 Å². The second kappa shape index (κ2) is 9.54. The van der Waals surface area contributed by atoms with Crippen molar-refractivity contribution in [3.63, 3.8) is 0 Å². The number of aromatic nitrogens is 3. The van der Waals surface area contributed by atoms with Crippen LogP contribution in [0.15, 0.2) is 60.7 Å². The molecule has 2 aromatic carbocycles. The zero-order valence-electron chi connectivity index (χ0n) is 19.0. The quantitative estimate of drug-likeness (QED) is 0.561. The van der Waals surface area contributed by atoms with Crippen molar-refractivity contribution < 1.29 is 19.1 Å². The first-order chi connectivity index (χ1) is 16.6. The molecule has 0 bridgehead atoms. The molecule has 0 spiro atoms. The van der Waals surface area contributed by atoms with Crippen molar-refractivity contribution in [2.24, 2.45) is 0 Å². The molecule has 176 valence electrons. The van der Waals surface area contributed by atoms with Gasteiger partial charge in [-0.05, 0) is 44.0 Å². The molecule has 3 heterocycles. The van der Waals surface area contributed by atoms with E-state index in [4.69, 9.17) is 9.47 Å². The van der Waals surface area contributed by atoms with E-state index in [0.29, 0.717) is 50.5 Å². The van der Waals surface area contributed by atoms with Crippen LogP contribution in [0.4, 0.5) is 4.79 Å². The Morgan fingerprint density at radius 2 is 1.71 bits per heavy atom. The lowest BCUT2D eigenvalue weighted by atomic mass is 10.0. The fraction of sp³-hybridized carbons (Fsp3) is 0.360. The molecule has 3 aromatic rings. The van der Waals surface area contributed by atoms with Gasteiger partial charge in [-0.15, -0.1) is 5.10 Å². The van der Waals surface area contributed by atoms with Crippen molar-refractivity contribution in [3.05, 3.63) is 72.1 Å². The van der Waals surface area contributed by atoms with Crippen LogP contribution in [0.2, 0.25) is 0 Å². The summed E-state index contributed by atoms with van der Waals surface area (Å²) in [5, 5.41) is 8.84. The molecule has 2 saturated heterocycles. The Morgan fingerprint density at radius 3 is 2.41 bits per heavy atom. The minimum absolute atomic E-state index is 0.0411. The number of para-hydroxylation sites is 2. The molecular weight excluding hydrogens is 434 g/mol. The molecule has 0 radical (unpaired) electrons. The Balaban J connectivity index is 1.15. The van der Waals surface area contributed by atoms with E-state index in [-0.39, 0.29) is 24.1 Å². The van der Waals surface area contributed by atoms with E-state index in [2.05, 4.69) is 10.2 Å². The molecule has 1 aromatic heterocycles. The first kappa shape index (κ1) is 21.9. The van der Waals surface area contributed by atoms with Gasteiger partial charge in [0.05, 0.1) is 17.9 Å². The van der Waals surface area contributed by atoms with Gasteiger partial charge >= 0.3 is 6.09 Å². The number of benzene rings is 2. The van der Waals surface area contributed by atoms with Crippen molar-refractivity contribution in [1.82, 2.24) is 24.8 Å². The van der Waals surface area contributed by atoms with Gasteiger partial charge in [-0.2, -0.15) is 9.90 Å². The Kier molecular flexibility index (Phi) is 6.16. The molecule has 9 heteroatoms. The summed E-state index contributed by atoms with van der Waals surface area (Å²) in [6, 6.07) is 19.0. The molecule has 1 atom stereocenters. The highest BCUT2D eigenvalue weighted by Crippen LogP contribution is 2.24. The summed E-state index contributed by atoms with van der Waals surface area (Å²) in [6.45, 7) is 3.71. The highest BCUT2D eigenvalue weighted by atomic mass is 16.6. The first-order valence-corrected chi connectivity index (χ1v) is 11.5. The van der Waals surface area contributed by atoms with E-state index >= 15 is 0 Å². The molecular formula is C25H27N5O4. The number of aryl methyl sites for hydroxylation is 1. The largest absolute Gasteiger partial charge is 0.490 e. The average molecular weight is 462 g/mol. The van der Waals surface area contributed by atoms with Crippen LogP contribution < -0.4 is 4.74 Å².